The maximum atomic E-state index is 13.9. The lowest BCUT2D eigenvalue weighted by Crippen LogP contribution is -2.40. The standard InChI is InChI=1S/C27H23FN4O4/c28-20-4-2-1-3-17(20)13-33-18-8-5-15(6-9-18)23-19(12-29)26(30)36-27-24(23)25(31-32-27)16-7-10-21-22(11-16)35-14-34-21/h1-11,23-25,27,31-32H,13-14,30H2. The van der Waals surface area contributed by atoms with Crippen LogP contribution >= 0.6 is 0 Å². The Morgan fingerprint density at radius 1 is 1.00 bits per heavy atom. The van der Waals surface area contributed by atoms with Gasteiger partial charge in [-0.2, -0.15) is 5.26 Å². The summed E-state index contributed by atoms with van der Waals surface area (Å²) in [5.74, 6) is 1.24. The first kappa shape index (κ1) is 22.2. The van der Waals surface area contributed by atoms with E-state index < -0.39 is 6.23 Å². The number of nitrogens with zero attached hydrogens (tertiary/aromatic N) is 1. The first-order valence-electron chi connectivity index (χ1n) is 11.6. The van der Waals surface area contributed by atoms with Gasteiger partial charge >= 0.3 is 0 Å². The van der Waals surface area contributed by atoms with Crippen molar-refractivity contribution in [3.8, 4) is 23.3 Å². The van der Waals surface area contributed by atoms with E-state index in [0.29, 0.717) is 28.4 Å². The Bertz CT molecular complexity index is 1370. The molecule has 0 radical (unpaired) electrons. The third kappa shape index (κ3) is 3.86. The van der Waals surface area contributed by atoms with Crippen molar-refractivity contribution >= 4 is 0 Å². The largest absolute Gasteiger partial charge is 0.489 e. The van der Waals surface area contributed by atoms with Crippen LogP contribution in [0, 0.1) is 23.1 Å². The van der Waals surface area contributed by atoms with Crippen LogP contribution in [0.2, 0.25) is 0 Å². The smallest absolute Gasteiger partial charge is 0.231 e. The molecule has 0 saturated carbocycles. The molecule has 0 bridgehead atoms. The van der Waals surface area contributed by atoms with Gasteiger partial charge in [-0.1, -0.05) is 36.4 Å². The fourth-order valence-electron chi connectivity index (χ4n) is 5.03. The van der Waals surface area contributed by atoms with Crippen LogP contribution < -0.4 is 30.8 Å². The van der Waals surface area contributed by atoms with E-state index in [2.05, 4.69) is 16.9 Å². The van der Waals surface area contributed by atoms with Crippen LogP contribution in [0.25, 0.3) is 0 Å². The number of hydrazine groups is 1. The number of allylic oxidation sites excluding steroid dienone is 1. The minimum absolute atomic E-state index is 0.101. The average molecular weight is 487 g/mol. The highest BCUT2D eigenvalue weighted by Gasteiger charge is 2.49. The molecule has 3 aliphatic rings. The Balaban J connectivity index is 1.29. The molecule has 0 aromatic heterocycles. The molecule has 4 N–H and O–H groups in total. The van der Waals surface area contributed by atoms with Crippen LogP contribution in [-0.4, -0.2) is 13.0 Å². The number of fused-ring (bicyclic) bond motifs is 2. The molecule has 0 aliphatic carbocycles. The summed E-state index contributed by atoms with van der Waals surface area (Å²) < 4.78 is 36.6. The van der Waals surface area contributed by atoms with Crippen molar-refractivity contribution < 1.29 is 23.3 Å². The van der Waals surface area contributed by atoms with Gasteiger partial charge in [0.25, 0.3) is 0 Å². The molecular weight excluding hydrogens is 463 g/mol. The number of benzene rings is 3. The summed E-state index contributed by atoms with van der Waals surface area (Å²) in [5, 5.41) is 9.98. The van der Waals surface area contributed by atoms with E-state index in [1.54, 1.807) is 18.2 Å². The molecule has 182 valence electrons. The Labute approximate surface area is 207 Å². The van der Waals surface area contributed by atoms with Crippen LogP contribution in [0.4, 0.5) is 4.39 Å². The molecule has 4 atom stereocenters. The van der Waals surface area contributed by atoms with E-state index in [0.717, 1.165) is 11.1 Å². The zero-order valence-electron chi connectivity index (χ0n) is 19.1. The van der Waals surface area contributed by atoms with Crippen molar-refractivity contribution in [3.05, 3.63) is 101 Å². The molecule has 3 aliphatic heterocycles. The number of halogens is 1. The highest BCUT2D eigenvalue weighted by atomic mass is 19.1. The highest BCUT2D eigenvalue weighted by Crippen LogP contribution is 2.48. The second-order valence-corrected chi connectivity index (χ2v) is 8.81. The molecule has 6 rings (SSSR count). The minimum Gasteiger partial charge on any atom is -0.489 e. The van der Waals surface area contributed by atoms with E-state index in [-0.39, 0.29) is 43.0 Å². The van der Waals surface area contributed by atoms with Gasteiger partial charge in [-0.3, -0.25) is 0 Å². The summed E-state index contributed by atoms with van der Waals surface area (Å²) in [6.45, 7) is 0.306. The summed E-state index contributed by atoms with van der Waals surface area (Å²) in [4.78, 5) is 0. The Morgan fingerprint density at radius 3 is 2.58 bits per heavy atom. The number of nitrogens with two attached hydrogens (primary N) is 1. The third-order valence-electron chi connectivity index (χ3n) is 6.80. The third-order valence-corrected chi connectivity index (χ3v) is 6.80. The maximum absolute atomic E-state index is 13.9. The summed E-state index contributed by atoms with van der Waals surface area (Å²) >= 11 is 0. The van der Waals surface area contributed by atoms with Crippen LogP contribution in [0.15, 0.2) is 78.2 Å². The molecular formula is C27H23FN4O4. The summed E-state index contributed by atoms with van der Waals surface area (Å²) in [6, 6.07) is 21.8. The van der Waals surface area contributed by atoms with Gasteiger partial charge < -0.3 is 24.7 Å². The first-order valence-corrected chi connectivity index (χ1v) is 11.6. The van der Waals surface area contributed by atoms with Crippen LogP contribution in [0.3, 0.4) is 0 Å². The number of hydrogen-bond donors (Lipinski definition) is 3. The second-order valence-electron chi connectivity index (χ2n) is 8.81. The maximum Gasteiger partial charge on any atom is 0.231 e. The van der Waals surface area contributed by atoms with Crippen molar-refractivity contribution in [2.45, 2.75) is 24.8 Å². The van der Waals surface area contributed by atoms with E-state index >= 15 is 0 Å². The molecule has 4 unspecified atom stereocenters. The molecule has 8 nitrogen and oxygen atoms in total. The van der Waals surface area contributed by atoms with Crippen LogP contribution in [-0.2, 0) is 11.3 Å². The van der Waals surface area contributed by atoms with Gasteiger partial charge in [-0.05, 0) is 41.5 Å². The molecule has 3 aromatic carbocycles. The molecule has 36 heavy (non-hydrogen) atoms. The zero-order valence-corrected chi connectivity index (χ0v) is 19.1. The topological polar surface area (TPSA) is 111 Å². The minimum atomic E-state index is -0.445. The van der Waals surface area contributed by atoms with Gasteiger partial charge in [0.1, 0.15) is 24.2 Å². The van der Waals surface area contributed by atoms with Crippen molar-refractivity contribution in [1.82, 2.24) is 10.9 Å². The molecule has 0 amide bonds. The van der Waals surface area contributed by atoms with Crippen molar-refractivity contribution in [2.75, 3.05) is 6.79 Å². The summed E-state index contributed by atoms with van der Waals surface area (Å²) in [7, 11) is 0. The highest BCUT2D eigenvalue weighted by molar-refractivity contribution is 5.48. The van der Waals surface area contributed by atoms with Crippen molar-refractivity contribution in [2.24, 2.45) is 11.7 Å². The lowest BCUT2D eigenvalue weighted by atomic mass is 9.74. The van der Waals surface area contributed by atoms with Crippen LogP contribution in [0.5, 0.6) is 17.2 Å². The number of ether oxygens (including phenoxy) is 4. The van der Waals surface area contributed by atoms with E-state index in [4.69, 9.17) is 24.7 Å². The number of hydrogen-bond acceptors (Lipinski definition) is 8. The predicted octanol–water partition coefficient (Wildman–Crippen LogP) is 3.73. The normalized spacial score (nSPS) is 24.1. The molecule has 1 saturated heterocycles. The van der Waals surface area contributed by atoms with E-state index in [9.17, 15) is 9.65 Å². The number of nitriles is 1. The second kappa shape index (κ2) is 9.07. The van der Waals surface area contributed by atoms with Crippen molar-refractivity contribution in [1.29, 1.82) is 5.26 Å². The van der Waals surface area contributed by atoms with E-state index in [1.807, 2.05) is 42.5 Å². The fraction of sp³-hybridized carbons (Fsp3) is 0.222. The first-order chi connectivity index (χ1) is 17.6. The lowest BCUT2D eigenvalue weighted by Gasteiger charge is -2.36. The molecule has 1 fully saturated rings. The van der Waals surface area contributed by atoms with Gasteiger partial charge in [0, 0.05) is 17.4 Å². The van der Waals surface area contributed by atoms with Gasteiger partial charge in [-0.15, -0.1) is 0 Å². The summed E-state index contributed by atoms with van der Waals surface area (Å²) in [6.07, 6.45) is -0.445. The monoisotopic (exact) mass is 486 g/mol. The fourth-order valence-corrected chi connectivity index (χ4v) is 5.03. The molecule has 3 aromatic rings. The predicted molar refractivity (Wildman–Crippen MR) is 127 cm³/mol. The average Bonchev–Trinajstić information content (AvgIpc) is 3.54. The lowest BCUT2D eigenvalue weighted by molar-refractivity contribution is 0.0340. The Hall–Kier alpha value is -4.26. The SMILES string of the molecule is N#CC1=C(N)OC2NNC(c3ccc4c(c3)OCO4)C2C1c1ccc(OCc2ccccc2F)cc1. The van der Waals surface area contributed by atoms with E-state index in [1.165, 1.54) is 6.07 Å². The molecule has 3 heterocycles. The van der Waals surface area contributed by atoms with Gasteiger partial charge in [-0.25, -0.2) is 15.2 Å². The van der Waals surface area contributed by atoms with Gasteiger partial charge in [0.05, 0.1) is 11.6 Å². The van der Waals surface area contributed by atoms with Crippen LogP contribution in [0.1, 0.15) is 28.7 Å². The van der Waals surface area contributed by atoms with Gasteiger partial charge in [0.2, 0.25) is 12.7 Å². The molecule has 9 heteroatoms. The molecule has 0 spiro atoms. The quantitative estimate of drug-likeness (QED) is 0.500. The van der Waals surface area contributed by atoms with Crippen molar-refractivity contribution in [3.63, 3.8) is 0 Å². The Kier molecular flexibility index (Phi) is 5.60. The number of nitrogens with one attached hydrogen (secondary N) is 2. The zero-order chi connectivity index (χ0) is 24.6. The summed E-state index contributed by atoms with van der Waals surface area (Å²) in [5.41, 5.74) is 15.3. The number of rotatable bonds is 5. The Morgan fingerprint density at radius 2 is 1.78 bits per heavy atom. The van der Waals surface area contributed by atoms with Gasteiger partial charge in [0.15, 0.2) is 17.7 Å².